The van der Waals surface area contributed by atoms with Crippen molar-refractivity contribution in [3.63, 3.8) is 0 Å². The van der Waals surface area contributed by atoms with Crippen molar-refractivity contribution in [2.45, 2.75) is 6.92 Å². The number of nitrogens with one attached hydrogen (secondary N) is 2. The lowest BCUT2D eigenvalue weighted by atomic mass is 10.2. The minimum atomic E-state index is -0.366. The number of nitriles is 1. The highest BCUT2D eigenvalue weighted by Crippen LogP contribution is 2.30. The summed E-state index contributed by atoms with van der Waals surface area (Å²) in [5.41, 5.74) is 1.09. The number of nitrogens with zero attached hydrogens (tertiary/aromatic N) is 4. The average Bonchev–Trinajstić information content (AvgIpc) is 2.97. The molecule has 102 valence electrons. The van der Waals surface area contributed by atoms with Crippen molar-refractivity contribution in [1.82, 2.24) is 20.6 Å². The van der Waals surface area contributed by atoms with E-state index in [2.05, 4.69) is 25.9 Å². The fourth-order valence-electron chi connectivity index (χ4n) is 1.62. The molecule has 0 unspecified atom stereocenters. The van der Waals surface area contributed by atoms with Gasteiger partial charge in [-0.2, -0.15) is 10.5 Å². The molecule has 0 spiro atoms. The number of ether oxygens (including phenoxy) is 1. The molecule has 20 heavy (non-hydrogen) atoms. The van der Waals surface area contributed by atoms with Gasteiger partial charge in [-0.3, -0.25) is 0 Å². The van der Waals surface area contributed by atoms with Crippen LogP contribution >= 0.6 is 0 Å². The molecule has 0 amide bonds. The summed E-state index contributed by atoms with van der Waals surface area (Å²) in [6, 6.07) is 4.77. The number of rotatable bonds is 4. The van der Waals surface area contributed by atoms with Gasteiger partial charge >= 0.3 is 0 Å². The van der Waals surface area contributed by atoms with E-state index in [4.69, 9.17) is 10.00 Å². The predicted octanol–water partition coefficient (Wildman–Crippen LogP) is 1.63. The molecule has 0 fully saturated rings. The standard InChI is InChI=1S/C12H11FN6O/c1-7-9(13)3-4-10(11(7)20-2)15-6-8(5-14)12-16-18-19-17-12/h3-4,6,15H,1-2H3,(H,16,17,18,19). The van der Waals surface area contributed by atoms with Gasteiger partial charge in [-0.1, -0.05) is 0 Å². The number of anilines is 1. The molecule has 0 aliphatic rings. The zero-order valence-electron chi connectivity index (χ0n) is 10.8. The highest BCUT2D eigenvalue weighted by Gasteiger charge is 2.11. The first kappa shape index (κ1) is 13.5. The Bertz CT molecular complexity index is 674. The molecule has 0 aliphatic carbocycles. The van der Waals surface area contributed by atoms with Crippen molar-refractivity contribution in [2.75, 3.05) is 12.4 Å². The normalized spacial score (nSPS) is 11.0. The summed E-state index contributed by atoms with van der Waals surface area (Å²) in [7, 11) is 1.45. The van der Waals surface area contributed by atoms with Crippen molar-refractivity contribution in [3.8, 4) is 11.8 Å². The van der Waals surface area contributed by atoms with Crippen molar-refractivity contribution in [2.24, 2.45) is 0 Å². The maximum atomic E-state index is 13.4. The molecule has 7 nitrogen and oxygen atoms in total. The van der Waals surface area contributed by atoms with Crippen LogP contribution in [-0.2, 0) is 0 Å². The molecular formula is C12H11FN6O. The summed E-state index contributed by atoms with van der Waals surface area (Å²) < 4.78 is 18.6. The first-order valence-corrected chi connectivity index (χ1v) is 5.61. The van der Waals surface area contributed by atoms with Crippen LogP contribution in [0.3, 0.4) is 0 Å². The maximum absolute atomic E-state index is 13.4. The molecule has 0 atom stereocenters. The van der Waals surface area contributed by atoms with Crippen molar-refractivity contribution >= 4 is 11.3 Å². The van der Waals surface area contributed by atoms with Gasteiger partial charge in [-0.25, -0.2) is 4.39 Å². The van der Waals surface area contributed by atoms with Crippen LogP contribution in [0, 0.1) is 24.1 Å². The fourth-order valence-corrected chi connectivity index (χ4v) is 1.62. The average molecular weight is 274 g/mol. The quantitative estimate of drug-likeness (QED) is 0.822. The monoisotopic (exact) mass is 274 g/mol. The van der Waals surface area contributed by atoms with Gasteiger partial charge < -0.3 is 10.1 Å². The number of methoxy groups -OCH3 is 1. The number of aromatic amines is 1. The molecule has 2 N–H and O–H groups in total. The van der Waals surface area contributed by atoms with E-state index in [1.807, 2.05) is 6.07 Å². The van der Waals surface area contributed by atoms with Crippen LogP contribution in [0.15, 0.2) is 18.3 Å². The number of hydrogen-bond donors (Lipinski definition) is 2. The Kier molecular flexibility index (Phi) is 3.91. The highest BCUT2D eigenvalue weighted by atomic mass is 19.1. The van der Waals surface area contributed by atoms with E-state index in [0.29, 0.717) is 17.0 Å². The molecule has 2 rings (SSSR count). The molecule has 1 aromatic carbocycles. The Labute approximate surface area is 114 Å². The zero-order valence-corrected chi connectivity index (χ0v) is 10.8. The molecular weight excluding hydrogens is 263 g/mol. The van der Waals surface area contributed by atoms with Crippen molar-refractivity contribution in [1.29, 1.82) is 5.26 Å². The first-order chi connectivity index (χ1) is 9.67. The minimum Gasteiger partial charge on any atom is -0.494 e. The number of hydrogen-bond acceptors (Lipinski definition) is 6. The summed E-state index contributed by atoms with van der Waals surface area (Å²) >= 11 is 0. The number of H-pyrrole nitrogens is 1. The van der Waals surface area contributed by atoms with Crippen LogP contribution in [0.5, 0.6) is 5.75 Å². The number of tetrazole rings is 1. The van der Waals surface area contributed by atoms with Crippen LogP contribution in [-0.4, -0.2) is 27.7 Å². The molecule has 0 saturated carbocycles. The Morgan fingerprint density at radius 3 is 2.95 bits per heavy atom. The van der Waals surface area contributed by atoms with Crippen LogP contribution in [0.1, 0.15) is 11.4 Å². The largest absolute Gasteiger partial charge is 0.494 e. The summed E-state index contributed by atoms with van der Waals surface area (Å²) in [6.45, 7) is 1.60. The van der Waals surface area contributed by atoms with Gasteiger partial charge in [0.1, 0.15) is 23.2 Å². The van der Waals surface area contributed by atoms with Crippen molar-refractivity contribution in [3.05, 3.63) is 35.5 Å². The maximum Gasteiger partial charge on any atom is 0.216 e. The van der Waals surface area contributed by atoms with Gasteiger partial charge in [0.05, 0.1) is 12.8 Å². The smallest absolute Gasteiger partial charge is 0.216 e. The van der Waals surface area contributed by atoms with Gasteiger partial charge in [0, 0.05) is 11.8 Å². The topological polar surface area (TPSA) is 99.5 Å². The molecule has 0 bridgehead atoms. The second-order valence-electron chi connectivity index (χ2n) is 3.80. The minimum absolute atomic E-state index is 0.165. The van der Waals surface area contributed by atoms with Crippen molar-refractivity contribution < 1.29 is 9.13 Å². The lowest BCUT2D eigenvalue weighted by Crippen LogP contribution is -1.99. The first-order valence-electron chi connectivity index (χ1n) is 5.61. The lowest BCUT2D eigenvalue weighted by molar-refractivity contribution is 0.409. The highest BCUT2D eigenvalue weighted by molar-refractivity contribution is 5.75. The van der Waals surface area contributed by atoms with E-state index in [0.717, 1.165) is 0 Å². The van der Waals surface area contributed by atoms with Crippen LogP contribution in [0.2, 0.25) is 0 Å². The molecule has 1 aromatic heterocycles. The lowest BCUT2D eigenvalue weighted by Gasteiger charge is -2.11. The summed E-state index contributed by atoms with van der Waals surface area (Å²) in [5.74, 6) is 0.166. The van der Waals surface area contributed by atoms with Gasteiger partial charge in [0.2, 0.25) is 5.82 Å². The fraction of sp³-hybridized carbons (Fsp3) is 0.167. The molecule has 0 radical (unpaired) electrons. The van der Waals surface area contributed by atoms with E-state index in [9.17, 15) is 4.39 Å². The SMILES string of the molecule is COc1c(NC=C(C#N)c2nn[nH]n2)ccc(F)c1C. The van der Waals surface area contributed by atoms with Crippen LogP contribution in [0.25, 0.3) is 5.57 Å². The van der Waals surface area contributed by atoms with E-state index in [-0.39, 0.29) is 17.2 Å². The molecule has 0 saturated heterocycles. The van der Waals surface area contributed by atoms with E-state index < -0.39 is 0 Å². The van der Waals surface area contributed by atoms with E-state index in [1.54, 1.807) is 6.92 Å². The number of allylic oxidation sites excluding steroid dienone is 1. The summed E-state index contributed by atoms with van der Waals surface area (Å²) in [4.78, 5) is 0. The van der Waals surface area contributed by atoms with E-state index in [1.165, 1.54) is 25.4 Å². The Morgan fingerprint density at radius 2 is 2.35 bits per heavy atom. The predicted molar refractivity (Wildman–Crippen MR) is 69.1 cm³/mol. The van der Waals surface area contributed by atoms with Crippen LogP contribution < -0.4 is 10.1 Å². The third kappa shape index (κ3) is 2.56. The molecule has 8 heteroatoms. The third-order valence-electron chi connectivity index (χ3n) is 2.62. The Balaban J connectivity index is 2.31. The number of aromatic nitrogens is 4. The van der Waals surface area contributed by atoms with Gasteiger partial charge in [0.25, 0.3) is 0 Å². The van der Waals surface area contributed by atoms with Gasteiger partial charge in [0.15, 0.2) is 0 Å². The van der Waals surface area contributed by atoms with E-state index >= 15 is 0 Å². The number of halogens is 1. The third-order valence-corrected chi connectivity index (χ3v) is 2.62. The van der Waals surface area contributed by atoms with Gasteiger partial charge in [-0.15, -0.1) is 10.2 Å². The number of benzene rings is 1. The molecule has 1 heterocycles. The van der Waals surface area contributed by atoms with Gasteiger partial charge in [-0.05, 0) is 24.3 Å². The Morgan fingerprint density at radius 1 is 1.55 bits per heavy atom. The zero-order chi connectivity index (χ0) is 14.5. The second-order valence-corrected chi connectivity index (χ2v) is 3.80. The molecule has 0 aliphatic heterocycles. The Hall–Kier alpha value is -2.95. The second kappa shape index (κ2) is 5.79. The summed E-state index contributed by atoms with van der Waals surface area (Å²) in [6.07, 6.45) is 1.40. The summed E-state index contributed by atoms with van der Waals surface area (Å²) in [5, 5.41) is 24.9. The molecule has 2 aromatic rings. The van der Waals surface area contributed by atoms with Crippen LogP contribution in [0.4, 0.5) is 10.1 Å².